The van der Waals surface area contributed by atoms with Crippen LogP contribution in [0.4, 0.5) is 0 Å². The van der Waals surface area contributed by atoms with Crippen LogP contribution in [-0.2, 0) is 4.46 Å². The van der Waals surface area contributed by atoms with Crippen molar-refractivity contribution in [3.05, 3.63) is 0 Å². The van der Waals surface area contributed by atoms with Crippen LogP contribution in [0.2, 0.25) is 0 Å². The van der Waals surface area contributed by atoms with Crippen molar-refractivity contribution in [3.8, 4) is 0 Å². The summed E-state index contributed by atoms with van der Waals surface area (Å²) >= 11 is 0. The van der Waals surface area contributed by atoms with Gasteiger partial charge in [0.2, 0.25) is 0 Å². The van der Waals surface area contributed by atoms with E-state index in [1.807, 2.05) is 0 Å². The molecule has 0 aromatic heterocycles. The van der Waals surface area contributed by atoms with Gasteiger partial charge in [-0.1, -0.05) is 0 Å². The van der Waals surface area contributed by atoms with E-state index in [9.17, 15) is 0 Å². The van der Waals surface area contributed by atoms with Gasteiger partial charge in [-0.3, -0.25) is 4.46 Å². The first-order valence-electron chi connectivity index (χ1n) is 0.651. The fraction of sp³-hybridized carbons (Fsp3) is 0. The Hall–Kier alpha value is 0.942. The molecule has 0 saturated carbocycles. The molecular formula is H4BCaO3Si. The van der Waals surface area contributed by atoms with Crippen LogP contribution in [0, 0.1) is 0 Å². The summed E-state index contributed by atoms with van der Waals surface area (Å²) in [5, 5.41) is 0. The van der Waals surface area contributed by atoms with Gasteiger partial charge in [-0.15, -0.1) is 0 Å². The third kappa shape index (κ3) is 86.6. The Kier molecular flexibility index (Phi) is 24.6. The van der Waals surface area contributed by atoms with Crippen molar-refractivity contribution in [2.75, 3.05) is 0 Å². The van der Waals surface area contributed by atoms with Crippen LogP contribution < -0.4 is 0 Å². The molecular weight excluding hydrogens is 127 g/mol. The Bertz CT molecular complexity index is 40.3. The summed E-state index contributed by atoms with van der Waals surface area (Å²) in [7, 11) is -3.13. The molecule has 0 atom stereocenters. The van der Waals surface area contributed by atoms with Crippen molar-refractivity contribution in [1.29, 1.82) is 0 Å². The molecule has 6 heavy (non-hydrogen) atoms. The van der Waals surface area contributed by atoms with Gasteiger partial charge in [0.1, 0.15) is 0 Å². The third-order valence-electron chi connectivity index (χ3n) is 0. The molecule has 0 bridgehead atoms. The van der Waals surface area contributed by atoms with Gasteiger partial charge in [0.25, 0.3) is 0 Å². The fourth-order valence-corrected chi connectivity index (χ4v) is 0. The second-order valence-corrected chi connectivity index (χ2v) is 0.848. The summed E-state index contributed by atoms with van der Waals surface area (Å²) in [6.45, 7) is 0. The van der Waals surface area contributed by atoms with Gasteiger partial charge in [-0.05, 0) is 0 Å². The van der Waals surface area contributed by atoms with Crippen molar-refractivity contribution >= 4 is 55.3 Å². The molecule has 6 heteroatoms. The van der Waals surface area contributed by atoms with E-state index in [1.165, 1.54) is 0 Å². The van der Waals surface area contributed by atoms with Gasteiger partial charge in [0.05, 0.1) is 0 Å². The molecule has 0 heterocycles. The second-order valence-electron chi connectivity index (χ2n) is 0.283. The van der Waals surface area contributed by atoms with Gasteiger partial charge in [-0.2, -0.15) is 0 Å². The van der Waals surface area contributed by atoms with Crippen LogP contribution in [0.25, 0.3) is 0 Å². The Labute approximate surface area is 71.8 Å². The van der Waals surface area contributed by atoms with Gasteiger partial charge in [0.15, 0.2) is 0 Å². The van der Waals surface area contributed by atoms with E-state index >= 15 is 0 Å². The van der Waals surface area contributed by atoms with E-state index < -0.39 is 9.17 Å². The first-order valence-corrected chi connectivity index (χ1v) is 1.95. The molecule has 0 aliphatic carbocycles. The molecule has 0 spiro atoms. The zero-order chi connectivity index (χ0) is 3.58. The minimum absolute atomic E-state index is 0. The second kappa shape index (κ2) is 9.34. The van der Waals surface area contributed by atoms with E-state index in [0.717, 1.165) is 0 Å². The predicted octanol–water partition coefficient (Wildman–Crippen LogP) is -2.15. The molecule has 0 amide bonds. The number of hydrogen-bond acceptors (Lipinski definition) is 1. The SMILES string of the molecule is O=[Si](O)O.[B].[Ca+2].[H-].[H-]. The summed E-state index contributed by atoms with van der Waals surface area (Å²) in [5.74, 6) is 0. The van der Waals surface area contributed by atoms with E-state index in [-0.39, 0.29) is 49.0 Å². The zero-order valence-corrected chi connectivity index (χ0v) is 6.30. The fourth-order valence-electron chi connectivity index (χ4n) is 0. The monoisotopic (exact) mass is 131 g/mol. The summed E-state index contributed by atoms with van der Waals surface area (Å²) in [4.78, 5) is 14.3. The van der Waals surface area contributed by atoms with Crippen molar-refractivity contribution in [1.82, 2.24) is 0 Å². The maximum absolute atomic E-state index is 8.74. The van der Waals surface area contributed by atoms with E-state index in [1.54, 1.807) is 0 Å². The smallest absolute Gasteiger partial charge is 1.00 e. The average molecular weight is 131 g/mol. The largest absolute Gasteiger partial charge is 2.00 e. The molecule has 0 aliphatic heterocycles. The molecule has 0 aromatic rings. The Morgan fingerprint density at radius 1 is 1.50 bits per heavy atom. The summed E-state index contributed by atoms with van der Waals surface area (Å²) < 4.78 is 8.74. The average Bonchev–Trinajstić information content (AvgIpc) is 0.811. The standard InChI is InChI=1S/B.Ca.H2O3Si.2H/c;;1-4(2)3;;/h;;1-2H;;/q;+2;;2*-1. The van der Waals surface area contributed by atoms with E-state index in [4.69, 9.17) is 14.1 Å². The minimum Gasteiger partial charge on any atom is -1.00 e. The molecule has 0 rings (SSSR count). The quantitative estimate of drug-likeness (QED) is 0.368. The molecule has 0 fully saturated rings. The molecule has 3 radical (unpaired) electrons. The van der Waals surface area contributed by atoms with E-state index in [2.05, 4.69) is 0 Å². The zero-order valence-electron chi connectivity index (χ0n) is 5.09. The normalized spacial score (nSPS) is 4.00. The predicted molar refractivity (Wildman–Crippen MR) is 24.6 cm³/mol. The van der Waals surface area contributed by atoms with Crippen molar-refractivity contribution < 1.29 is 16.9 Å². The molecule has 3 nitrogen and oxygen atoms in total. The Morgan fingerprint density at radius 2 is 1.50 bits per heavy atom. The van der Waals surface area contributed by atoms with Crippen LogP contribution in [0.5, 0.6) is 0 Å². The maximum Gasteiger partial charge on any atom is 2.00 e. The van der Waals surface area contributed by atoms with Crippen LogP contribution >= 0.6 is 0 Å². The van der Waals surface area contributed by atoms with Crippen LogP contribution in [0.3, 0.4) is 0 Å². The van der Waals surface area contributed by atoms with Crippen LogP contribution in [-0.4, -0.2) is 64.9 Å². The van der Waals surface area contributed by atoms with Gasteiger partial charge < -0.3 is 12.4 Å². The topological polar surface area (TPSA) is 57.5 Å². The number of hydrogen-bond donors (Lipinski definition) is 2. The minimum atomic E-state index is -3.13. The van der Waals surface area contributed by atoms with Crippen molar-refractivity contribution in [2.24, 2.45) is 0 Å². The third-order valence-corrected chi connectivity index (χ3v) is 0. The van der Waals surface area contributed by atoms with Gasteiger partial charge in [-0.25, -0.2) is 0 Å². The summed E-state index contributed by atoms with van der Waals surface area (Å²) in [6.07, 6.45) is 0. The summed E-state index contributed by atoms with van der Waals surface area (Å²) in [5.41, 5.74) is 0. The number of rotatable bonds is 0. The maximum atomic E-state index is 8.74. The first-order chi connectivity index (χ1) is 1.73. The molecule has 2 N–H and O–H groups in total. The Morgan fingerprint density at radius 3 is 1.50 bits per heavy atom. The van der Waals surface area contributed by atoms with Gasteiger partial charge >= 0.3 is 46.9 Å². The molecule has 0 unspecified atom stereocenters. The molecule has 0 aromatic carbocycles. The molecule has 0 saturated heterocycles. The summed E-state index contributed by atoms with van der Waals surface area (Å²) in [6, 6.07) is 0. The van der Waals surface area contributed by atoms with Crippen LogP contribution in [0.15, 0.2) is 0 Å². The first kappa shape index (κ1) is 15.8. The molecule has 31 valence electrons. The van der Waals surface area contributed by atoms with Crippen molar-refractivity contribution in [3.63, 3.8) is 0 Å². The Balaban J connectivity index is -0.00000000750. The van der Waals surface area contributed by atoms with E-state index in [0.29, 0.717) is 0 Å². The van der Waals surface area contributed by atoms with Crippen molar-refractivity contribution in [2.45, 2.75) is 0 Å². The van der Waals surface area contributed by atoms with Crippen LogP contribution in [0.1, 0.15) is 2.85 Å². The molecule has 0 aliphatic rings. The van der Waals surface area contributed by atoms with Gasteiger partial charge in [0, 0.05) is 8.41 Å².